The molecular weight excluding hydrogens is 467 g/mol. The SMILES string of the molecule is O=C(NC[C@@]12CC[C@@]3(O1)[C@H]1Cc4ccc(O)cc4[C@@]3(CCN1Cc1ccccc1)C2)c1ccc(F)cc1. The van der Waals surface area contributed by atoms with Gasteiger partial charge in [-0.2, -0.15) is 0 Å². The molecule has 3 saturated heterocycles. The Morgan fingerprint density at radius 2 is 1.86 bits per heavy atom. The Hall–Kier alpha value is -3.22. The molecule has 0 unspecified atom stereocenters. The summed E-state index contributed by atoms with van der Waals surface area (Å²) in [6, 6.07) is 22.4. The highest BCUT2D eigenvalue weighted by atomic mass is 19.1. The van der Waals surface area contributed by atoms with Crippen LogP contribution in [0.25, 0.3) is 0 Å². The van der Waals surface area contributed by atoms with E-state index in [0.717, 1.165) is 45.2 Å². The summed E-state index contributed by atoms with van der Waals surface area (Å²) in [5, 5.41) is 13.6. The number of phenols is 1. The smallest absolute Gasteiger partial charge is 0.251 e. The monoisotopic (exact) mass is 498 g/mol. The lowest BCUT2D eigenvalue weighted by Gasteiger charge is -2.60. The van der Waals surface area contributed by atoms with Gasteiger partial charge in [-0.25, -0.2) is 4.39 Å². The molecule has 2 N–H and O–H groups in total. The molecule has 7 rings (SSSR count). The number of nitrogens with one attached hydrogen (secondary N) is 1. The van der Waals surface area contributed by atoms with E-state index in [1.165, 1.54) is 41.0 Å². The molecule has 3 aromatic rings. The van der Waals surface area contributed by atoms with E-state index in [-0.39, 0.29) is 28.8 Å². The van der Waals surface area contributed by atoms with E-state index in [4.69, 9.17) is 4.74 Å². The molecule has 0 saturated carbocycles. The summed E-state index contributed by atoms with van der Waals surface area (Å²) < 4.78 is 20.5. The number of amides is 1. The van der Waals surface area contributed by atoms with Crippen molar-refractivity contribution in [3.05, 3.63) is 101 Å². The number of carbonyl (C=O) groups excluding carboxylic acids is 1. The zero-order valence-electron chi connectivity index (χ0n) is 20.8. The second-order valence-electron chi connectivity index (χ2n) is 11.4. The van der Waals surface area contributed by atoms with E-state index in [1.54, 1.807) is 6.07 Å². The molecule has 3 heterocycles. The molecule has 5 nitrogen and oxygen atoms in total. The number of benzene rings is 3. The first-order chi connectivity index (χ1) is 17.9. The second-order valence-corrected chi connectivity index (χ2v) is 11.4. The van der Waals surface area contributed by atoms with E-state index < -0.39 is 5.60 Å². The lowest BCUT2D eigenvalue weighted by Crippen LogP contribution is -2.69. The van der Waals surface area contributed by atoms with Crippen molar-refractivity contribution in [1.29, 1.82) is 0 Å². The standard InChI is InChI=1S/C31H31FN2O3/c32-24-9-6-22(7-10-24)28(36)33-20-29-12-13-31(37-29)27-16-23-8-11-25(35)17-26(23)30(31,19-29)14-15-34(27)18-21-4-2-1-3-5-21/h1-11,17,27,35H,12-16,18-20H2,(H,33,36)/t27-,29+,30-,31-/m1/s1. The molecule has 1 spiro atoms. The van der Waals surface area contributed by atoms with Crippen molar-refractivity contribution >= 4 is 5.91 Å². The van der Waals surface area contributed by atoms with Gasteiger partial charge in [0, 0.05) is 30.1 Å². The number of aromatic hydroxyl groups is 1. The van der Waals surface area contributed by atoms with Crippen LogP contribution in [0.4, 0.5) is 4.39 Å². The van der Waals surface area contributed by atoms with Gasteiger partial charge in [-0.15, -0.1) is 0 Å². The average molecular weight is 499 g/mol. The Bertz CT molecular complexity index is 1360. The maximum Gasteiger partial charge on any atom is 0.251 e. The summed E-state index contributed by atoms with van der Waals surface area (Å²) in [4.78, 5) is 15.5. The van der Waals surface area contributed by atoms with Crippen molar-refractivity contribution in [3.63, 3.8) is 0 Å². The van der Waals surface area contributed by atoms with E-state index in [1.807, 2.05) is 6.07 Å². The normalized spacial score (nSPS) is 31.5. The van der Waals surface area contributed by atoms with Gasteiger partial charge in [0.2, 0.25) is 0 Å². The first kappa shape index (κ1) is 22.9. The summed E-state index contributed by atoms with van der Waals surface area (Å²) >= 11 is 0. The number of rotatable bonds is 5. The van der Waals surface area contributed by atoms with Gasteiger partial charge in [-0.05, 0) is 91.7 Å². The Kier molecular flexibility index (Phi) is 5.05. The molecule has 37 heavy (non-hydrogen) atoms. The summed E-state index contributed by atoms with van der Waals surface area (Å²) in [7, 11) is 0. The third-order valence-corrected chi connectivity index (χ3v) is 9.52. The molecule has 3 aliphatic heterocycles. The summed E-state index contributed by atoms with van der Waals surface area (Å²) in [5.41, 5.74) is 3.29. The number of hydrogen-bond donors (Lipinski definition) is 2. The van der Waals surface area contributed by atoms with Crippen molar-refractivity contribution in [2.45, 2.75) is 61.3 Å². The first-order valence-electron chi connectivity index (χ1n) is 13.3. The Labute approximate surface area is 216 Å². The van der Waals surface area contributed by atoms with Crippen LogP contribution in [0.2, 0.25) is 0 Å². The van der Waals surface area contributed by atoms with Crippen LogP contribution in [0.15, 0.2) is 72.8 Å². The minimum Gasteiger partial charge on any atom is -0.508 e. The second kappa shape index (κ2) is 8.14. The van der Waals surface area contributed by atoms with Crippen molar-refractivity contribution < 1.29 is 19.0 Å². The van der Waals surface area contributed by atoms with Gasteiger partial charge in [-0.3, -0.25) is 9.69 Å². The van der Waals surface area contributed by atoms with Crippen LogP contribution in [-0.4, -0.2) is 46.2 Å². The Morgan fingerprint density at radius 3 is 2.68 bits per heavy atom. The number of likely N-dealkylation sites (tertiary alicyclic amines) is 1. The van der Waals surface area contributed by atoms with Crippen LogP contribution in [-0.2, 0) is 23.1 Å². The van der Waals surface area contributed by atoms with Gasteiger partial charge in [0.05, 0.1) is 11.2 Å². The van der Waals surface area contributed by atoms with Crippen molar-refractivity contribution in [2.24, 2.45) is 0 Å². The fourth-order valence-corrected chi connectivity index (χ4v) is 7.99. The van der Waals surface area contributed by atoms with Gasteiger partial charge in [0.15, 0.2) is 0 Å². The average Bonchev–Trinajstić information content (AvgIpc) is 3.43. The predicted molar refractivity (Wildman–Crippen MR) is 138 cm³/mol. The molecular formula is C31H31FN2O3. The third kappa shape index (κ3) is 3.39. The summed E-state index contributed by atoms with van der Waals surface area (Å²) in [6.07, 6.45) is 4.51. The maximum atomic E-state index is 13.3. The van der Waals surface area contributed by atoms with Crippen LogP contribution >= 0.6 is 0 Å². The van der Waals surface area contributed by atoms with E-state index >= 15 is 0 Å². The highest BCUT2D eigenvalue weighted by Gasteiger charge is 2.75. The number of nitrogens with zero attached hydrogens (tertiary/aromatic N) is 1. The predicted octanol–water partition coefficient (Wildman–Crippen LogP) is 4.72. The molecule has 6 heteroatoms. The molecule has 4 aliphatic rings. The quantitative estimate of drug-likeness (QED) is 0.534. The van der Waals surface area contributed by atoms with Gasteiger partial charge < -0.3 is 15.2 Å². The van der Waals surface area contributed by atoms with Gasteiger partial charge >= 0.3 is 0 Å². The number of halogens is 1. The van der Waals surface area contributed by atoms with E-state index in [2.05, 4.69) is 46.6 Å². The number of piperidine rings is 1. The van der Waals surface area contributed by atoms with E-state index in [9.17, 15) is 14.3 Å². The van der Waals surface area contributed by atoms with Crippen molar-refractivity contribution in [2.75, 3.05) is 13.1 Å². The number of hydrogen-bond acceptors (Lipinski definition) is 4. The maximum absolute atomic E-state index is 13.3. The van der Waals surface area contributed by atoms with Gasteiger partial charge in [-0.1, -0.05) is 36.4 Å². The lowest BCUT2D eigenvalue weighted by molar-refractivity contribution is -0.140. The Morgan fingerprint density at radius 1 is 1.05 bits per heavy atom. The fraction of sp³-hybridized carbons (Fsp3) is 0.387. The van der Waals surface area contributed by atoms with Crippen LogP contribution in [0.1, 0.15) is 52.7 Å². The molecule has 3 aromatic carbocycles. The molecule has 1 aliphatic carbocycles. The lowest BCUT2D eigenvalue weighted by atomic mass is 9.50. The van der Waals surface area contributed by atoms with Crippen molar-refractivity contribution in [1.82, 2.24) is 10.2 Å². The van der Waals surface area contributed by atoms with Crippen LogP contribution < -0.4 is 5.32 Å². The molecule has 4 bridgehead atoms. The molecule has 0 radical (unpaired) electrons. The zero-order chi connectivity index (χ0) is 25.3. The summed E-state index contributed by atoms with van der Waals surface area (Å²) in [6.45, 7) is 2.28. The van der Waals surface area contributed by atoms with Crippen molar-refractivity contribution in [3.8, 4) is 5.75 Å². The topological polar surface area (TPSA) is 61.8 Å². The molecule has 1 amide bonds. The first-order valence-corrected chi connectivity index (χ1v) is 13.3. The zero-order valence-corrected chi connectivity index (χ0v) is 20.8. The highest BCUT2D eigenvalue weighted by Crippen LogP contribution is 2.69. The Balaban J connectivity index is 1.23. The number of phenolic OH excluding ortho intramolecular Hbond substituents is 1. The number of ether oxygens (including phenoxy) is 1. The highest BCUT2D eigenvalue weighted by molar-refractivity contribution is 5.94. The largest absolute Gasteiger partial charge is 0.508 e. The van der Waals surface area contributed by atoms with Gasteiger partial charge in [0.25, 0.3) is 5.91 Å². The number of carbonyl (C=O) groups is 1. The minimum absolute atomic E-state index is 0.184. The molecule has 190 valence electrons. The fourth-order valence-electron chi connectivity index (χ4n) is 7.99. The molecule has 3 fully saturated rings. The molecule has 0 aromatic heterocycles. The summed E-state index contributed by atoms with van der Waals surface area (Å²) in [5.74, 6) is -0.266. The minimum atomic E-state index is -0.455. The van der Waals surface area contributed by atoms with Crippen LogP contribution in [0, 0.1) is 5.82 Å². The van der Waals surface area contributed by atoms with Gasteiger partial charge in [0.1, 0.15) is 11.6 Å². The molecule has 4 atom stereocenters. The van der Waals surface area contributed by atoms with Crippen LogP contribution in [0.5, 0.6) is 5.75 Å². The van der Waals surface area contributed by atoms with E-state index in [0.29, 0.717) is 17.9 Å². The third-order valence-electron chi connectivity index (χ3n) is 9.52. The van der Waals surface area contributed by atoms with Crippen LogP contribution in [0.3, 0.4) is 0 Å². The number of fused-ring (bicyclic) bond motifs is 2.